The van der Waals surface area contributed by atoms with Crippen LogP contribution < -0.4 is 4.74 Å². The number of nitrogens with zero attached hydrogens (tertiary/aromatic N) is 1. The lowest BCUT2D eigenvalue weighted by Crippen LogP contribution is -2.33. The Kier molecular flexibility index (Phi) is 5.21. The first-order valence-corrected chi connectivity index (χ1v) is 9.13. The summed E-state index contributed by atoms with van der Waals surface area (Å²) in [6.07, 6.45) is 3.62. The Hall–Kier alpha value is -2.17. The molecule has 2 atom stereocenters. The molecular formula is C20H25NO4. The molecule has 1 aliphatic heterocycles. The Morgan fingerprint density at radius 2 is 1.64 bits per heavy atom. The minimum absolute atomic E-state index is 0.0306. The first-order chi connectivity index (χ1) is 12.0. The molecule has 0 spiro atoms. The molecule has 25 heavy (non-hydrogen) atoms. The van der Waals surface area contributed by atoms with Crippen LogP contribution in [0.1, 0.15) is 57.4 Å². The zero-order chi connectivity index (χ0) is 18.0. The van der Waals surface area contributed by atoms with Crippen LogP contribution in [-0.4, -0.2) is 29.2 Å². The zero-order valence-electron chi connectivity index (χ0n) is 14.9. The molecule has 2 aliphatic rings. The van der Waals surface area contributed by atoms with Crippen molar-refractivity contribution in [3.8, 4) is 5.75 Å². The van der Waals surface area contributed by atoms with Crippen molar-refractivity contribution in [3.05, 3.63) is 29.8 Å². The van der Waals surface area contributed by atoms with E-state index in [9.17, 15) is 14.4 Å². The Labute approximate surface area is 148 Å². The van der Waals surface area contributed by atoms with E-state index in [1.54, 1.807) is 12.1 Å². The summed E-state index contributed by atoms with van der Waals surface area (Å²) in [7, 11) is 0. The topological polar surface area (TPSA) is 63.7 Å². The summed E-state index contributed by atoms with van der Waals surface area (Å²) in [4.78, 5) is 38.1. The van der Waals surface area contributed by atoms with Gasteiger partial charge in [0.2, 0.25) is 11.8 Å². The molecule has 0 bridgehead atoms. The number of benzene rings is 1. The largest absolute Gasteiger partial charge is 0.426 e. The average Bonchev–Trinajstić information content (AvgIpc) is 2.85. The Bertz CT molecular complexity index is 641. The van der Waals surface area contributed by atoms with E-state index in [1.165, 1.54) is 10.5 Å². The van der Waals surface area contributed by atoms with Crippen molar-refractivity contribution in [2.75, 3.05) is 6.54 Å². The number of fused-ring (bicyclic) bond motifs is 1. The highest BCUT2D eigenvalue weighted by molar-refractivity contribution is 6.05. The highest BCUT2D eigenvalue weighted by Crippen LogP contribution is 2.38. The number of rotatable bonds is 5. The van der Waals surface area contributed by atoms with Crippen molar-refractivity contribution in [1.82, 2.24) is 4.90 Å². The van der Waals surface area contributed by atoms with Gasteiger partial charge in [0.15, 0.2) is 0 Å². The van der Waals surface area contributed by atoms with E-state index in [-0.39, 0.29) is 36.6 Å². The van der Waals surface area contributed by atoms with Crippen LogP contribution in [0.15, 0.2) is 24.3 Å². The van der Waals surface area contributed by atoms with Crippen LogP contribution >= 0.6 is 0 Å². The van der Waals surface area contributed by atoms with E-state index in [0.29, 0.717) is 11.7 Å². The van der Waals surface area contributed by atoms with Crippen molar-refractivity contribution >= 4 is 17.8 Å². The Morgan fingerprint density at radius 1 is 1.08 bits per heavy atom. The molecule has 2 fully saturated rings. The van der Waals surface area contributed by atoms with Gasteiger partial charge < -0.3 is 4.74 Å². The van der Waals surface area contributed by atoms with Crippen LogP contribution in [0.25, 0.3) is 0 Å². The molecule has 1 aliphatic carbocycles. The van der Waals surface area contributed by atoms with E-state index in [2.05, 4.69) is 13.8 Å². The lowest BCUT2D eigenvalue weighted by molar-refractivity contribution is -0.141. The van der Waals surface area contributed by atoms with Crippen molar-refractivity contribution in [1.29, 1.82) is 0 Å². The number of likely N-dealkylation sites (tertiary alicyclic amines) is 1. The second-order valence-electron chi connectivity index (χ2n) is 7.27. The maximum absolute atomic E-state index is 12.4. The molecule has 0 unspecified atom stereocenters. The summed E-state index contributed by atoms with van der Waals surface area (Å²) in [5.74, 6) is -0.0651. The van der Waals surface area contributed by atoms with Gasteiger partial charge in [0.1, 0.15) is 5.75 Å². The number of imide groups is 1. The van der Waals surface area contributed by atoms with Crippen molar-refractivity contribution in [2.45, 2.75) is 51.9 Å². The first kappa shape index (κ1) is 17.6. The number of carbonyl (C=O) groups excluding carboxylic acids is 3. The number of ether oxygens (including phenoxy) is 1. The third-order valence-electron chi connectivity index (χ3n) is 5.25. The number of hydrogen-bond donors (Lipinski definition) is 0. The normalized spacial score (nSPS) is 23.1. The van der Waals surface area contributed by atoms with Crippen LogP contribution in [0.5, 0.6) is 5.75 Å². The zero-order valence-corrected chi connectivity index (χ0v) is 14.9. The van der Waals surface area contributed by atoms with E-state index in [4.69, 9.17) is 4.74 Å². The molecule has 134 valence electrons. The Balaban J connectivity index is 1.53. The molecule has 2 amide bonds. The standard InChI is InChI=1S/C20H25NO4/c1-13(2)14-7-9-15(10-8-14)25-18(22)11-12-21-19(23)16-5-3-4-6-17(16)20(21)24/h7-10,13,16-17H,3-6,11-12H2,1-2H3/t16-,17+. The smallest absolute Gasteiger partial charge is 0.312 e. The van der Waals surface area contributed by atoms with E-state index in [1.807, 2.05) is 12.1 Å². The molecule has 5 nitrogen and oxygen atoms in total. The van der Waals surface area contributed by atoms with Gasteiger partial charge in [-0.15, -0.1) is 0 Å². The van der Waals surface area contributed by atoms with Gasteiger partial charge in [0.05, 0.1) is 18.3 Å². The van der Waals surface area contributed by atoms with Crippen LogP contribution in [0, 0.1) is 11.8 Å². The van der Waals surface area contributed by atoms with Gasteiger partial charge in [-0.3, -0.25) is 19.3 Å². The quantitative estimate of drug-likeness (QED) is 0.467. The van der Waals surface area contributed by atoms with Crippen molar-refractivity contribution < 1.29 is 19.1 Å². The van der Waals surface area contributed by atoms with Crippen LogP contribution in [-0.2, 0) is 14.4 Å². The molecule has 1 heterocycles. The van der Waals surface area contributed by atoms with Gasteiger partial charge in [0.25, 0.3) is 0 Å². The second-order valence-corrected chi connectivity index (χ2v) is 7.27. The fourth-order valence-electron chi connectivity index (χ4n) is 3.76. The highest BCUT2D eigenvalue weighted by Gasteiger charge is 2.47. The number of amides is 2. The molecule has 0 radical (unpaired) electrons. The summed E-state index contributed by atoms with van der Waals surface area (Å²) in [5.41, 5.74) is 1.18. The molecule has 5 heteroatoms. The van der Waals surface area contributed by atoms with Crippen molar-refractivity contribution in [3.63, 3.8) is 0 Å². The van der Waals surface area contributed by atoms with Gasteiger partial charge in [-0.25, -0.2) is 0 Å². The molecule has 1 aromatic carbocycles. The molecule has 1 saturated carbocycles. The van der Waals surface area contributed by atoms with Gasteiger partial charge in [-0.05, 0) is 36.5 Å². The average molecular weight is 343 g/mol. The van der Waals surface area contributed by atoms with Gasteiger partial charge >= 0.3 is 5.97 Å². The number of hydrogen-bond acceptors (Lipinski definition) is 4. The molecule has 0 N–H and O–H groups in total. The number of esters is 1. The summed E-state index contributed by atoms with van der Waals surface area (Å²) < 4.78 is 5.31. The second kappa shape index (κ2) is 7.38. The molecule has 1 aromatic rings. The maximum atomic E-state index is 12.4. The SMILES string of the molecule is CC(C)c1ccc(OC(=O)CCN2C(=O)[C@H]3CCCC[C@H]3C2=O)cc1. The van der Waals surface area contributed by atoms with E-state index in [0.717, 1.165) is 25.7 Å². The lowest BCUT2D eigenvalue weighted by Gasteiger charge is -2.19. The van der Waals surface area contributed by atoms with Gasteiger partial charge in [0, 0.05) is 6.54 Å². The minimum Gasteiger partial charge on any atom is -0.426 e. The van der Waals surface area contributed by atoms with Gasteiger partial charge in [-0.1, -0.05) is 38.8 Å². The first-order valence-electron chi connectivity index (χ1n) is 9.13. The van der Waals surface area contributed by atoms with Crippen LogP contribution in [0.3, 0.4) is 0 Å². The maximum Gasteiger partial charge on any atom is 0.312 e. The van der Waals surface area contributed by atoms with Crippen LogP contribution in [0.4, 0.5) is 0 Å². The fourth-order valence-corrected chi connectivity index (χ4v) is 3.76. The molecule has 1 saturated heterocycles. The van der Waals surface area contributed by atoms with Gasteiger partial charge in [-0.2, -0.15) is 0 Å². The monoisotopic (exact) mass is 343 g/mol. The van der Waals surface area contributed by atoms with E-state index < -0.39 is 5.97 Å². The molecule has 3 rings (SSSR count). The highest BCUT2D eigenvalue weighted by atomic mass is 16.5. The predicted molar refractivity (Wildman–Crippen MR) is 93.0 cm³/mol. The van der Waals surface area contributed by atoms with E-state index >= 15 is 0 Å². The third kappa shape index (κ3) is 3.75. The lowest BCUT2D eigenvalue weighted by atomic mass is 9.81. The minimum atomic E-state index is -0.423. The Morgan fingerprint density at radius 3 is 2.16 bits per heavy atom. The number of carbonyl (C=O) groups is 3. The van der Waals surface area contributed by atoms with Crippen molar-refractivity contribution in [2.24, 2.45) is 11.8 Å². The molecular weight excluding hydrogens is 318 g/mol. The summed E-state index contributed by atoms with van der Waals surface area (Å²) in [6, 6.07) is 7.42. The third-order valence-corrected chi connectivity index (χ3v) is 5.25. The summed E-state index contributed by atoms with van der Waals surface area (Å²) >= 11 is 0. The van der Waals surface area contributed by atoms with Crippen LogP contribution in [0.2, 0.25) is 0 Å². The summed E-state index contributed by atoms with van der Waals surface area (Å²) in [5, 5.41) is 0. The summed E-state index contributed by atoms with van der Waals surface area (Å²) in [6.45, 7) is 4.32. The predicted octanol–water partition coefficient (Wildman–Crippen LogP) is 3.28. The molecule has 0 aromatic heterocycles. The fraction of sp³-hybridized carbons (Fsp3) is 0.550.